The van der Waals surface area contributed by atoms with E-state index in [-0.39, 0.29) is 11.8 Å². The number of nitrogens with one attached hydrogen (secondary N) is 1. The number of hydrogen-bond donors (Lipinski definition) is 2. The lowest BCUT2D eigenvalue weighted by Gasteiger charge is -2.28. The first-order valence-corrected chi connectivity index (χ1v) is 12.0. The van der Waals surface area contributed by atoms with Crippen molar-refractivity contribution in [3.8, 4) is 5.75 Å². The number of amides is 2. The summed E-state index contributed by atoms with van der Waals surface area (Å²) in [4.78, 5) is 29.2. The number of aryl methyl sites for hydroxylation is 1. The van der Waals surface area contributed by atoms with E-state index in [1.54, 1.807) is 4.90 Å². The number of nitrogens with zero attached hydrogens (tertiary/aromatic N) is 1. The van der Waals surface area contributed by atoms with Gasteiger partial charge < -0.3 is 15.8 Å². The molecule has 0 spiro atoms. The van der Waals surface area contributed by atoms with Crippen molar-refractivity contribution in [2.75, 3.05) is 6.61 Å². The summed E-state index contributed by atoms with van der Waals surface area (Å²) < 4.78 is 5.79. The second kappa shape index (κ2) is 9.30. The Labute approximate surface area is 192 Å². The van der Waals surface area contributed by atoms with Gasteiger partial charge in [-0.05, 0) is 25.3 Å². The second-order valence-corrected chi connectivity index (χ2v) is 9.08. The van der Waals surface area contributed by atoms with Crippen LogP contribution in [-0.2, 0) is 9.59 Å². The fourth-order valence-electron chi connectivity index (χ4n) is 4.04. The van der Waals surface area contributed by atoms with Gasteiger partial charge in [-0.25, -0.2) is 0 Å². The first-order valence-electron chi connectivity index (χ1n) is 11.1. The number of rotatable bonds is 9. The van der Waals surface area contributed by atoms with Crippen LogP contribution in [-0.4, -0.2) is 29.5 Å². The average molecular weight is 452 g/mol. The van der Waals surface area contributed by atoms with Crippen LogP contribution in [0.5, 0.6) is 5.75 Å². The van der Waals surface area contributed by atoms with E-state index in [0.717, 1.165) is 41.0 Å². The molecular formula is C25H29N3O3S. The summed E-state index contributed by atoms with van der Waals surface area (Å²) in [5.74, 6) is 0.251. The summed E-state index contributed by atoms with van der Waals surface area (Å²) in [5, 5.41) is 4.85. The van der Waals surface area contributed by atoms with Gasteiger partial charge in [0.1, 0.15) is 5.75 Å². The topological polar surface area (TPSA) is 84.7 Å². The van der Waals surface area contributed by atoms with E-state index in [2.05, 4.69) is 12.2 Å². The fourth-order valence-corrected chi connectivity index (χ4v) is 4.87. The molecule has 7 heteroatoms. The SMILES string of the molecule is CCCCOc1csc(C2=C3C(=O)N(C(N)CCC)C(c4ccc(C)cc4)=C3C(=O)N2)c1. The Hall–Kier alpha value is -2.90. The van der Waals surface area contributed by atoms with Crippen molar-refractivity contribution < 1.29 is 14.3 Å². The third-order valence-corrected chi connectivity index (χ3v) is 6.63. The van der Waals surface area contributed by atoms with Crippen molar-refractivity contribution >= 4 is 34.5 Å². The van der Waals surface area contributed by atoms with Gasteiger partial charge in [-0.2, -0.15) is 0 Å². The van der Waals surface area contributed by atoms with Gasteiger partial charge in [0.2, 0.25) is 0 Å². The maximum atomic E-state index is 13.6. The molecule has 4 rings (SSSR count). The third-order valence-electron chi connectivity index (χ3n) is 5.71. The Balaban J connectivity index is 1.80. The zero-order chi connectivity index (χ0) is 22.8. The van der Waals surface area contributed by atoms with Crippen LogP contribution in [0.4, 0.5) is 0 Å². The summed E-state index contributed by atoms with van der Waals surface area (Å²) >= 11 is 1.45. The number of fused-ring (bicyclic) bond motifs is 1. The molecule has 0 aliphatic carbocycles. The number of hydrogen-bond acceptors (Lipinski definition) is 5. The van der Waals surface area contributed by atoms with Crippen molar-refractivity contribution in [2.24, 2.45) is 5.73 Å². The van der Waals surface area contributed by atoms with Crippen LogP contribution in [0, 0.1) is 6.92 Å². The quantitative estimate of drug-likeness (QED) is 0.553. The van der Waals surface area contributed by atoms with E-state index >= 15 is 0 Å². The van der Waals surface area contributed by atoms with E-state index in [1.807, 2.05) is 49.6 Å². The molecule has 2 aromatic rings. The molecular weight excluding hydrogens is 422 g/mol. The maximum Gasteiger partial charge on any atom is 0.262 e. The van der Waals surface area contributed by atoms with Crippen molar-refractivity contribution in [2.45, 2.75) is 52.6 Å². The zero-order valence-corrected chi connectivity index (χ0v) is 19.6. The number of unbranched alkanes of at least 4 members (excludes halogenated alkanes) is 1. The number of nitrogens with two attached hydrogens (primary N) is 1. The molecule has 0 radical (unpaired) electrons. The Bertz CT molecular complexity index is 1100. The monoisotopic (exact) mass is 451 g/mol. The summed E-state index contributed by atoms with van der Waals surface area (Å²) in [5.41, 5.74) is 10.3. The fraction of sp³-hybridized carbons (Fsp3) is 0.360. The highest BCUT2D eigenvalue weighted by Gasteiger charge is 2.47. The highest BCUT2D eigenvalue weighted by molar-refractivity contribution is 7.11. The lowest BCUT2D eigenvalue weighted by Crippen LogP contribution is -2.42. The normalized spacial score (nSPS) is 16.7. The molecule has 2 amide bonds. The Morgan fingerprint density at radius 1 is 1.12 bits per heavy atom. The van der Waals surface area contributed by atoms with Crippen LogP contribution in [0.25, 0.3) is 11.4 Å². The lowest BCUT2D eigenvalue weighted by molar-refractivity contribution is -0.124. The molecule has 0 bridgehead atoms. The number of benzene rings is 1. The van der Waals surface area contributed by atoms with Crippen LogP contribution in [0.2, 0.25) is 0 Å². The highest BCUT2D eigenvalue weighted by atomic mass is 32.1. The summed E-state index contributed by atoms with van der Waals surface area (Å²) in [6.07, 6.45) is 3.02. The molecule has 3 heterocycles. The Morgan fingerprint density at radius 3 is 2.56 bits per heavy atom. The number of carbonyl (C=O) groups is 2. The van der Waals surface area contributed by atoms with Crippen LogP contribution in [0.15, 0.2) is 46.9 Å². The number of thiophene rings is 1. The minimum atomic E-state index is -0.500. The van der Waals surface area contributed by atoms with Crippen molar-refractivity contribution in [1.82, 2.24) is 10.2 Å². The molecule has 0 saturated carbocycles. The van der Waals surface area contributed by atoms with Crippen LogP contribution in [0.1, 0.15) is 55.5 Å². The predicted molar refractivity (Wildman–Crippen MR) is 128 cm³/mol. The van der Waals surface area contributed by atoms with Gasteiger partial charge in [-0.1, -0.05) is 56.5 Å². The minimum absolute atomic E-state index is 0.230. The van der Waals surface area contributed by atoms with Crippen molar-refractivity contribution in [1.29, 1.82) is 0 Å². The van der Waals surface area contributed by atoms with E-state index in [4.69, 9.17) is 10.5 Å². The third kappa shape index (κ3) is 3.98. The van der Waals surface area contributed by atoms with E-state index in [9.17, 15) is 9.59 Å². The predicted octanol–water partition coefficient (Wildman–Crippen LogP) is 4.41. The Kier molecular flexibility index (Phi) is 6.48. The van der Waals surface area contributed by atoms with Crippen molar-refractivity contribution in [3.05, 3.63) is 62.9 Å². The molecule has 1 aromatic carbocycles. The molecule has 0 fully saturated rings. The minimum Gasteiger partial charge on any atom is -0.493 e. The van der Waals surface area contributed by atoms with Gasteiger partial charge in [0.15, 0.2) is 0 Å². The average Bonchev–Trinajstić information content (AvgIpc) is 3.44. The van der Waals surface area contributed by atoms with Gasteiger partial charge in [0, 0.05) is 11.4 Å². The molecule has 1 aromatic heterocycles. The molecule has 168 valence electrons. The lowest BCUT2D eigenvalue weighted by atomic mass is 10.0. The first-order chi connectivity index (χ1) is 15.5. The molecule has 3 N–H and O–H groups in total. The van der Waals surface area contributed by atoms with Crippen LogP contribution >= 0.6 is 11.3 Å². The first kappa shape index (κ1) is 22.3. The molecule has 32 heavy (non-hydrogen) atoms. The van der Waals surface area contributed by atoms with Crippen molar-refractivity contribution in [3.63, 3.8) is 0 Å². The maximum absolute atomic E-state index is 13.6. The summed E-state index contributed by atoms with van der Waals surface area (Å²) in [7, 11) is 0. The second-order valence-electron chi connectivity index (χ2n) is 8.17. The molecule has 2 aliphatic rings. The van der Waals surface area contributed by atoms with Gasteiger partial charge in [0.05, 0.1) is 40.2 Å². The van der Waals surface area contributed by atoms with Crippen LogP contribution in [0.3, 0.4) is 0 Å². The largest absolute Gasteiger partial charge is 0.493 e. The molecule has 1 unspecified atom stereocenters. The standard InChI is InChI=1S/C25H29N3O3S/c1-4-6-12-31-17-13-18(32-14-17)22-20-21(24(29)27-22)23(16-10-8-15(3)9-11-16)28(25(20)30)19(26)7-5-2/h8-11,13-14,19H,4-7,12,26H2,1-3H3,(H,27,29). The number of ether oxygens (including phenoxy) is 1. The van der Waals surface area contributed by atoms with Gasteiger partial charge in [-0.15, -0.1) is 11.3 Å². The smallest absolute Gasteiger partial charge is 0.262 e. The van der Waals surface area contributed by atoms with Gasteiger partial charge in [0.25, 0.3) is 11.8 Å². The summed E-state index contributed by atoms with van der Waals surface area (Å²) in [6, 6.07) is 9.72. The van der Waals surface area contributed by atoms with Gasteiger partial charge in [-0.3, -0.25) is 14.5 Å². The number of carbonyl (C=O) groups excluding carboxylic acids is 2. The van der Waals surface area contributed by atoms with E-state index in [0.29, 0.717) is 35.6 Å². The molecule has 1 atom stereocenters. The van der Waals surface area contributed by atoms with E-state index < -0.39 is 6.17 Å². The molecule has 2 aliphatic heterocycles. The molecule has 0 saturated heterocycles. The highest BCUT2D eigenvalue weighted by Crippen LogP contribution is 2.44. The zero-order valence-electron chi connectivity index (χ0n) is 18.7. The summed E-state index contributed by atoms with van der Waals surface area (Å²) in [6.45, 7) is 6.79. The van der Waals surface area contributed by atoms with Gasteiger partial charge >= 0.3 is 0 Å². The van der Waals surface area contributed by atoms with Crippen LogP contribution < -0.4 is 15.8 Å². The molecule has 6 nitrogen and oxygen atoms in total. The van der Waals surface area contributed by atoms with E-state index in [1.165, 1.54) is 11.3 Å². The Morgan fingerprint density at radius 2 is 1.88 bits per heavy atom.